The first kappa shape index (κ1) is 10.8. The van der Waals surface area contributed by atoms with E-state index in [0.29, 0.717) is 18.2 Å². The van der Waals surface area contributed by atoms with E-state index in [-0.39, 0.29) is 5.92 Å². The summed E-state index contributed by atoms with van der Waals surface area (Å²) in [5, 5.41) is 2.08. The second-order valence-corrected chi connectivity index (χ2v) is 4.91. The summed E-state index contributed by atoms with van der Waals surface area (Å²) in [6.45, 7) is 5.92. The van der Waals surface area contributed by atoms with Crippen LogP contribution in [-0.4, -0.2) is 28.3 Å². The second-order valence-electron chi connectivity index (χ2n) is 4.20. The summed E-state index contributed by atoms with van der Waals surface area (Å²) in [6.07, 6.45) is 0.690. The molecule has 3 nitrogen and oxygen atoms in total. The van der Waals surface area contributed by atoms with Gasteiger partial charge in [0.2, 0.25) is 0 Å². The van der Waals surface area contributed by atoms with Crippen LogP contribution in [0.25, 0.3) is 0 Å². The molecule has 0 aliphatic carbocycles. The van der Waals surface area contributed by atoms with Crippen LogP contribution in [0.4, 0.5) is 0 Å². The Morgan fingerprint density at radius 1 is 1.60 bits per heavy atom. The Kier molecular flexibility index (Phi) is 3.17. The van der Waals surface area contributed by atoms with E-state index in [9.17, 15) is 4.79 Å². The molecule has 2 atom stereocenters. The summed E-state index contributed by atoms with van der Waals surface area (Å²) in [7, 11) is 0. The van der Waals surface area contributed by atoms with Crippen molar-refractivity contribution in [2.75, 3.05) is 6.54 Å². The lowest BCUT2D eigenvalue weighted by molar-refractivity contribution is -0.128. The summed E-state index contributed by atoms with van der Waals surface area (Å²) in [4.78, 5) is 18.1. The van der Waals surface area contributed by atoms with E-state index >= 15 is 0 Å². The summed E-state index contributed by atoms with van der Waals surface area (Å²) in [5.41, 5.74) is 2.98. The molecular weight excluding hydrogens is 208 g/mol. The standard InChI is InChI=1S/C11H16N2OS/c1-8-9(2)13(4-3-11(8)14)5-10-6-15-7-12-10/h6-9H,3-5H2,1-2H3. The maximum atomic E-state index is 11.5. The third kappa shape index (κ3) is 2.26. The zero-order valence-electron chi connectivity index (χ0n) is 9.14. The van der Waals surface area contributed by atoms with E-state index in [1.165, 1.54) is 0 Å². The van der Waals surface area contributed by atoms with Gasteiger partial charge in [-0.25, -0.2) is 4.98 Å². The Morgan fingerprint density at radius 2 is 2.40 bits per heavy atom. The van der Waals surface area contributed by atoms with Gasteiger partial charge in [0, 0.05) is 36.9 Å². The highest BCUT2D eigenvalue weighted by Gasteiger charge is 2.30. The normalized spacial score (nSPS) is 28.3. The molecule has 2 heterocycles. The molecule has 82 valence electrons. The number of ketones is 1. The number of carbonyl (C=O) groups excluding carboxylic acids is 1. The third-order valence-electron chi connectivity index (χ3n) is 3.30. The van der Waals surface area contributed by atoms with Crippen molar-refractivity contribution in [1.82, 2.24) is 9.88 Å². The van der Waals surface area contributed by atoms with Crippen LogP contribution in [0.3, 0.4) is 0 Å². The molecular formula is C11H16N2OS. The van der Waals surface area contributed by atoms with Gasteiger partial charge in [-0.15, -0.1) is 11.3 Å². The largest absolute Gasteiger partial charge is 0.299 e. The SMILES string of the molecule is CC1C(=O)CCN(Cc2cscn2)C1C. The van der Waals surface area contributed by atoms with E-state index in [4.69, 9.17) is 0 Å². The second kappa shape index (κ2) is 4.41. The van der Waals surface area contributed by atoms with Crippen molar-refractivity contribution in [1.29, 1.82) is 0 Å². The van der Waals surface area contributed by atoms with Crippen molar-refractivity contribution in [3.8, 4) is 0 Å². The van der Waals surface area contributed by atoms with Gasteiger partial charge in [0.05, 0.1) is 11.2 Å². The minimum Gasteiger partial charge on any atom is -0.299 e. The minimum atomic E-state index is 0.164. The maximum absolute atomic E-state index is 11.5. The van der Waals surface area contributed by atoms with Crippen molar-refractivity contribution >= 4 is 17.1 Å². The first-order chi connectivity index (χ1) is 7.18. The first-order valence-electron chi connectivity index (χ1n) is 5.32. The van der Waals surface area contributed by atoms with Gasteiger partial charge in [-0.1, -0.05) is 6.92 Å². The molecule has 0 N–H and O–H groups in total. The average molecular weight is 224 g/mol. The van der Waals surface area contributed by atoms with Crippen LogP contribution < -0.4 is 0 Å². The molecule has 1 fully saturated rings. The lowest BCUT2D eigenvalue weighted by Gasteiger charge is -2.36. The van der Waals surface area contributed by atoms with Crippen LogP contribution in [-0.2, 0) is 11.3 Å². The molecule has 1 saturated heterocycles. The van der Waals surface area contributed by atoms with E-state index in [2.05, 4.69) is 22.2 Å². The number of hydrogen-bond acceptors (Lipinski definition) is 4. The summed E-state index contributed by atoms with van der Waals surface area (Å²) >= 11 is 1.63. The quantitative estimate of drug-likeness (QED) is 0.769. The molecule has 0 saturated carbocycles. The van der Waals surface area contributed by atoms with Crippen LogP contribution in [0.5, 0.6) is 0 Å². The monoisotopic (exact) mass is 224 g/mol. The minimum absolute atomic E-state index is 0.164. The average Bonchev–Trinajstić information content (AvgIpc) is 2.72. The molecule has 0 aromatic carbocycles. The zero-order valence-corrected chi connectivity index (χ0v) is 9.96. The molecule has 1 aromatic heterocycles. The third-order valence-corrected chi connectivity index (χ3v) is 3.94. The van der Waals surface area contributed by atoms with Gasteiger partial charge in [-0.05, 0) is 6.92 Å². The highest BCUT2D eigenvalue weighted by atomic mass is 32.1. The number of aromatic nitrogens is 1. The first-order valence-corrected chi connectivity index (χ1v) is 6.26. The van der Waals surface area contributed by atoms with Gasteiger partial charge in [-0.3, -0.25) is 9.69 Å². The van der Waals surface area contributed by atoms with Gasteiger partial charge in [0.1, 0.15) is 5.78 Å². The highest BCUT2D eigenvalue weighted by molar-refractivity contribution is 7.07. The molecule has 2 rings (SSSR count). The summed E-state index contributed by atoms with van der Waals surface area (Å²) < 4.78 is 0. The van der Waals surface area contributed by atoms with Crippen LogP contribution in [0.15, 0.2) is 10.9 Å². The van der Waals surface area contributed by atoms with Crippen molar-refractivity contribution in [2.45, 2.75) is 32.9 Å². The van der Waals surface area contributed by atoms with Crippen molar-refractivity contribution < 1.29 is 4.79 Å². The van der Waals surface area contributed by atoms with Crippen LogP contribution in [0, 0.1) is 5.92 Å². The van der Waals surface area contributed by atoms with Crippen LogP contribution in [0.1, 0.15) is 26.0 Å². The van der Waals surface area contributed by atoms with E-state index in [1.807, 2.05) is 12.4 Å². The molecule has 1 aromatic rings. The molecule has 1 aliphatic heterocycles. The Labute approximate surface area is 94.1 Å². The van der Waals surface area contributed by atoms with Crippen molar-refractivity contribution in [3.05, 3.63) is 16.6 Å². The zero-order chi connectivity index (χ0) is 10.8. The molecule has 15 heavy (non-hydrogen) atoms. The van der Waals surface area contributed by atoms with Crippen molar-refractivity contribution in [2.24, 2.45) is 5.92 Å². The van der Waals surface area contributed by atoms with Gasteiger partial charge < -0.3 is 0 Å². The smallest absolute Gasteiger partial charge is 0.138 e. The molecule has 0 spiro atoms. The van der Waals surface area contributed by atoms with Crippen LogP contribution in [0.2, 0.25) is 0 Å². The Morgan fingerprint density at radius 3 is 3.07 bits per heavy atom. The Hall–Kier alpha value is -0.740. The summed E-state index contributed by atoms with van der Waals surface area (Å²) in [6, 6.07) is 0.341. The molecule has 0 amide bonds. The lowest BCUT2D eigenvalue weighted by atomic mass is 9.91. The van der Waals surface area contributed by atoms with E-state index in [0.717, 1.165) is 18.8 Å². The fourth-order valence-corrected chi connectivity index (χ4v) is 2.57. The predicted molar refractivity (Wildman–Crippen MR) is 60.8 cm³/mol. The van der Waals surface area contributed by atoms with Gasteiger partial charge >= 0.3 is 0 Å². The summed E-state index contributed by atoms with van der Waals surface area (Å²) in [5.74, 6) is 0.564. The molecule has 2 unspecified atom stereocenters. The molecule has 0 bridgehead atoms. The Bertz CT molecular complexity index is 336. The lowest BCUT2D eigenvalue weighted by Crippen LogP contribution is -2.46. The molecule has 4 heteroatoms. The number of nitrogens with zero attached hydrogens (tertiary/aromatic N) is 2. The number of hydrogen-bond donors (Lipinski definition) is 0. The van der Waals surface area contributed by atoms with Crippen LogP contribution >= 0.6 is 11.3 Å². The number of piperidine rings is 1. The van der Waals surface area contributed by atoms with Gasteiger partial charge in [0.15, 0.2) is 0 Å². The topological polar surface area (TPSA) is 33.2 Å². The fraction of sp³-hybridized carbons (Fsp3) is 0.636. The number of rotatable bonds is 2. The maximum Gasteiger partial charge on any atom is 0.138 e. The fourth-order valence-electron chi connectivity index (χ4n) is 2.02. The van der Waals surface area contributed by atoms with E-state index in [1.54, 1.807) is 11.3 Å². The Balaban J connectivity index is 2.01. The number of thiazole rings is 1. The number of carbonyl (C=O) groups is 1. The predicted octanol–water partition coefficient (Wildman–Crippen LogP) is 1.94. The number of Topliss-reactive ketones (excluding diaryl/α,β-unsaturated/α-hetero) is 1. The molecule has 0 radical (unpaired) electrons. The highest BCUT2D eigenvalue weighted by Crippen LogP contribution is 2.21. The number of likely N-dealkylation sites (tertiary alicyclic amines) is 1. The van der Waals surface area contributed by atoms with Crippen molar-refractivity contribution in [3.63, 3.8) is 0 Å². The van der Waals surface area contributed by atoms with Gasteiger partial charge in [0.25, 0.3) is 0 Å². The van der Waals surface area contributed by atoms with E-state index < -0.39 is 0 Å². The molecule has 1 aliphatic rings. The van der Waals surface area contributed by atoms with Gasteiger partial charge in [-0.2, -0.15) is 0 Å².